The number of ether oxygens (including phenoxy) is 4. The van der Waals surface area contributed by atoms with E-state index in [1.807, 2.05) is 45.2 Å². The SMILES string of the molecule is CCOc1cc(I)cc(C(=O)O)c1OC(=O)CCCCCCC(=O)Oc1c(OCC)cc(I)cc1C(=O)O. The number of hydrogen-bond acceptors (Lipinski definition) is 8. The largest absolute Gasteiger partial charge is 0.490 e. The predicted molar refractivity (Wildman–Crippen MR) is 154 cm³/mol. The van der Waals surface area contributed by atoms with Crippen LogP contribution in [-0.4, -0.2) is 47.3 Å². The van der Waals surface area contributed by atoms with Crippen molar-refractivity contribution in [3.8, 4) is 23.0 Å². The zero-order valence-corrected chi connectivity index (χ0v) is 25.2. The van der Waals surface area contributed by atoms with E-state index in [1.54, 1.807) is 26.0 Å². The van der Waals surface area contributed by atoms with Gasteiger partial charge in [-0.15, -0.1) is 0 Å². The van der Waals surface area contributed by atoms with Crippen molar-refractivity contribution < 1.29 is 48.3 Å². The first-order chi connectivity index (χ1) is 18.1. The standard InChI is InChI=1S/C26H28I2O10/c1-3-35-19-13-15(27)11-17(25(31)32)23(19)37-21(29)9-7-5-6-8-10-22(30)38-24-18(26(33)34)12-16(28)14-20(24)36-4-2/h11-14H,3-10H2,1-2H3,(H,31,32)(H,33,34). The Morgan fingerprint density at radius 2 is 1.03 bits per heavy atom. The number of halogens is 2. The minimum atomic E-state index is -1.23. The molecule has 2 aromatic carbocycles. The average molecular weight is 754 g/mol. The van der Waals surface area contributed by atoms with Gasteiger partial charge in [0.15, 0.2) is 23.0 Å². The molecule has 0 heterocycles. The molecule has 0 atom stereocenters. The maximum absolute atomic E-state index is 12.4. The lowest BCUT2D eigenvalue weighted by Crippen LogP contribution is -2.13. The van der Waals surface area contributed by atoms with Crippen molar-refractivity contribution in [1.29, 1.82) is 0 Å². The van der Waals surface area contributed by atoms with Crippen molar-refractivity contribution in [3.05, 3.63) is 42.5 Å². The van der Waals surface area contributed by atoms with Crippen molar-refractivity contribution in [3.63, 3.8) is 0 Å². The van der Waals surface area contributed by atoms with Crippen LogP contribution in [-0.2, 0) is 9.59 Å². The van der Waals surface area contributed by atoms with Gasteiger partial charge < -0.3 is 29.2 Å². The Balaban J connectivity index is 1.85. The van der Waals surface area contributed by atoms with Crippen molar-refractivity contribution in [2.45, 2.75) is 52.4 Å². The van der Waals surface area contributed by atoms with Gasteiger partial charge in [0.2, 0.25) is 0 Å². The zero-order chi connectivity index (χ0) is 28.2. The molecule has 2 aromatic rings. The lowest BCUT2D eigenvalue weighted by Gasteiger charge is -2.14. The van der Waals surface area contributed by atoms with Gasteiger partial charge in [0.05, 0.1) is 13.2 Å². The van der Waals surface area contributed by atoms with Gasteiger partial charge in [-0.05, 0) is 96.1 Å². The van der Waals surface area contributed by atoms with Crippen LogP contribution in [0.5, 0.6) is 23.0 Å². The normalized spacial score (nSPS) is 10.5. The first-order valence-corrected chi connectivity index (χ1v) is 14.0. The molecule has 0 aliphatic heterocycles. The second-order valence-electron chi connectivity index (χ2n) is 7.90. The molecule has 0 saturated heterocycles. The molecule has 0 unspecified atom stereocenters. The van der Waals surface area contributed by atoms with Gasteiger partial charge in [0.1, 0.15) is 11.1 Å². The number of carboxylic acid groups (broad SMARTS) is 2. The first-order valence-electron chi connectivity index (χ1n) is 11.9. The number of carbonyl (C=O) groups is 4. The third-order valence-corrected chi connectivity index (χ3v) is 6.29. The van der Waals surface area contributed by atoms with Gasteiger partial charge in [-0.1, -0.05) is 12.8 Å². The molecule has 2 N–H and O–H groups in total. The molecule has 0 amide bonds. The fraction of sp³-hybridized carbons (Fsp3) is 0.385. The van der Waals surface area contributed by atoms with E-state index in [-0.39, 0.29) is 60.2 Å². The molecule has 0 aliphatic carbocycles. The van der Waals surface area contributed by atoms with Gasteiger partial charge in [-0.2, -0.15) is 0 Å². The predicted octanol–water partition coefficient (Wildman–Crippen LogP) is 5.94. The van der Waals surface area contributed by atoms with Crippen molar-refractivity contribution >= 4 is 69.1 Å². The summed E-state index contributed by atoms with van der Waals surface area (Å²) in [7, 11) is 0. The second-order valence-corrected chi connectivity index (χ2v) is 10.4. The van der Waals surface area contributed by atoms with Crippen LogP contribution in [0.1, 0.15) is 73.1 Å². The number of esters is 2. The summed E-state index contributed by atoms with van der Waals surface area (Å²) in [5.74, 6) is -3.48. The third-order valence-electron chi connectivity index (χ3n) is 5.04. The average Bonchev–Trinajstić information content (AvgIpc) is 2.84. The number of benzene rings is 2. The third kappa shape index (κ3) is 9.60. The Labute approximate surface area is 247 Å². The molecule has 0 saturated carbocycles. The van der Waals surface area contributed by atoms with E-state index in [0.29, 0.717) is 32.8 Å². The number of carboxylic acids is 2. The van der Waals surface area contributed by atoms with Crippen LogP contribution in [0.15, 0.2) is 24.3 Å². The lowest BCUT2D eigenvalue weighted by molar-refractivity contribution is -0.135. The number of carbonyl (C=O) groups excluding carboxylic acids is 2. The number of hydrogen-bond donors (Lipinski definition) is 2. The number of rotatable bonds is 15. The summed E-state index contributed by atoms with van der Waals surface area (Å²) in [6.45, 7) is 4.04. The Bertz CT molecular complexity index is 1090. The highest BCUT2D eigenvalue weighted by atomic mass is 127. The number of aromatic carboxylic acids is 2. The van der Waals surface area contributed by atoms with Crippen molar-refractivity contribution in [2.24, 2.45) is 0 Å². The van der Waals surface area contributed by atoms with Gasteiger partial charge in [-0.25, -0.2) is 9.59 Å². The quantitative estimate of drug-likeness (QED) is 0.0970. The molecule has 2 rings (SSSR count). The van der Waals surface area contributed by atoms with Gasteiger partial charge in [-0.3, -0.25) is 9.59 Å². The Kier molecular flexibility index (Phi) is 13.1. The van der Waals surface area contributed by atoms with Crippen LogP contribution < -0.4 is 18.9 Å². The van der Waals surface area contributed by atoms with Crippen molar-refractivity contribution in [2.75, 3.05) is 13.2 Å². The monoisotopic (exact) mass is 754 g/mol. The Morgan fingerprint density at radius 1 is 0.658 bits per heavy atom. The number of unbranched alkanes of at least 4 members (excludes halogenated alkanes) is 3. The molecule has 0 fully saturated rings. The van der Waals surface area contributed by atoms with Crippen molar-refractivity contribution in [1.82, 2.24) is 0 Å². The van der Waals surface area contributed by atoms with E-state index in [4.69, 9.17) is 18.9 Å². The highest BCUT2D eigenvalue weighted by molar-refractivity contribution is 14.1. The van der Waals surface area contributed by atoms with Crippen LogP contribution in [0.3, 0.4) is 0 Å². The Morgan fingerprint density at radius 3 is 1.34 bits per heavy atom. The molecule has 0 aromatic heterocycles. The van der Waals surface area contributed by atoms with Gasteiger partial charge in [0, 0.05) is 20.0 Å². The molecule has 0 radical (unpaired) electrons. The fourth-order valence-electron chi connectivity index (χ4n) is 3.41. The second kappa shape index (κ2) is 15.7. The molecule has 206 valence electrons. The molecule has 0 aliphatic rings. The van der Waals surface area contributed by atoms with E-state index in [0.717, 1.165) is 0 Å². The maximum Gasteiger partial charge on any atom is 0.339 e. The Hall–Kier alpha value is -2.62. The van der Waals surface area contributed by atoms with E-state index < -0.39 is 23.9 Å². The zero-order valence-electron chi connectivity index (χ0n) is 20.9. The topological polar surface area (TPSA) is 146 Å². The summed E-state index contributed by atoms with van der Waals surface area (Å²) in [6, 6.07) is 6.01. The minimum absolute atomic E-state index is 0.0589. The summed E-state index contributed by atoms with van der Waals surface area (Å²) in [4.78, 5) is 47.9. The highest BCUT2D eigenvalue weighted by Gasteiger charge is 2.22. The molecule has 0 bridgehead atoms. The smallest absolute Gasteiger partial charge is 0.339 e. The molecular weight excluding hydrogens is 726 g/mol. The molecule has 38 heavy (non-hydrogen) atoms. The summed E-state index contributed by atoms with van der Waals surface area (Å²) in [5.41, 5.74) is -0.308. The van der Waals surface area contributed by atoms with Crippen LogP contribution in [0.4, 0.5) is 0 Å². The summed E-state index contributed by atoms with van der Waals surface area (Å²) < 4.78 is 22.9. The molecular formula is C26H28I2O10. The van der Waals surface area contributed by atoms with Crippen LogP contribution in [0.25, 0.3) is 0 Å². The highest BCUT2D eigenvalue weighted by Crippen LogP contribution is 2.35. The van der Waals surface area contributed by atoms with Gasteiger partial charge in [0.25, 0.3) is 0 Å². The van der Waals surface area contributed by atoms with Crippen LogP contribution in [0.2, 0.25) is 0 Å². The van der Waals surface area contributed by atoms with E-state index in [1.165, 1.54) is 12.1 Å². The summed E-state index contributed by atoms with van der Waals surface area (Å²) in [5, 5.41) is 19.0. The summed E-state index contributed by atoms with van der Waals surface area (Å²) in [6.07, 6.45) is 2.30. The van der Waals surface area contributed by atoms with E-state index in [9.17, 15) is 29.4 Å². The van der Waals surface area contributed by atoms with Crippen LogP contribution >= 0.6 is 45.2 Å². The maximum atomic E-state index is 12.4. The summed E-state index contributed by atoms with van der Waals surface area (Å²) >= 11 is 3.92. The first kappa shape index (κ1) is 31.6. The van der Waals surface area contributed by atoms with E-state index in [2.05, 4.69) is 0 Å². The van der Waals surface area contributed by atoms with Crippen LogP contribution in [0, 0.1) is 7.14 Å². The molecule has 0 spiro atoms. The van der Waals surface area contributed by atoms with Gasteiger partial charge >= 0.3 is 23.9 Å². The molecule has 12 heteroatoms. The lowest BCUT2D eigenvalue weighted by atomic mass is 10.1. The van der Waals surface area contributed by atoms with E-state index >= 15 is 0 Å². The minimum Gasteiger partial charge on any atom is -0.490 e. The fourth-order valence-corrected chi connectivity index (χ4v) is 4.60. The molecule has 10 nitrogen and oxygen atoms in total.